The van der Waals surface area contributed by atoms with E-state index in [2.05, 4.69) is 5.32 Å². The molecule has 0 aliphatic carbocycles. The number of hydrogen-bond donors (Lipinski definition) is 1. The highest BCUT2D eigenvalue weighted by atomic mass is 35.5. The zero-order valence-corrected chi connectivity index (χ0v) is 24.6. The molecule has 0 bridgehead atoms. The van der Waals surface area contributed by atoms with Crippen LogP contribution >= 0.6 is 11.6 Å². The Bertz CT molecular complexity index is 1350. The van der Waals surface area contributed by atoms with Gasteiger partial charge in [0, 0.05) is 18.1 Å². The molecule has 0 aliphatic rings. The van der Waals surface area contributed by atoms with E-state index in [0.717, 1.165) is 22.7 Å². The molecule has 1 N–H and O–H groups in total. The lowest BCUT2D eigenvalue weighted by molar-refractivity contribution is -0.139. The fraction of sp³-hybridized carbons (Fsp3) is 0.333. The third kappa shape index (κ3) is 8.22. The maximum Gasteiger partial charge on any atom is 0.264 e. The number of hydrogen-bond acceptors (Lipinski definition) is 5. The van der Waals surface area contributed by atoms with Crippen LogP contribution in [0.5, 0.6) is 5.75 Å². The lowest BCUT2D eigenvalue weighted by Crippen LogP contribution is -2.51. The first kappa shape index (κ1) is 31.0. The average Bonchev–Trinajstić information content (AvgIpc) is 2.95. The van der Waals surface area contributed by atoms with E-state index in [0.29, 0.717) is 23.9 Å². The van der Waals surface area contributed by atoms with Gasteiger partial charge in [0.15, 0.2) is 0 Å². The van der Waals surface area contributed by atoms with Gasteiger partial charge in [0.1, 0.15) is 18.3 Å². The van der Waals surface area contributed by atoms with Gasteiger partial charge in [-0.05, 0) is 74.4 Å². The van der Waals surface area contributed by atoms with Crippen molar-refractivity contribution in [3.05, 3.63) is 89.4 Å². The van der Waals surface area contributed by atoms with Crippen molar-refractivity contribution in [1.29, 1.82) is 0 Å². The predicted molar refractivity (Wildman–Crippen MR) is 158 cm³/mol. The summed E-state index contributed by atoms with van der Waals surface area (Å²) in [6.45, 7) is 6.10. The normalized spacial score (nSPS) is 11.9. The highest BCUT2D eigenvalue weighted by Crippen LogP contribution is 2.27. The number of nitrogens with one attached hydrogen (secondary N) is 1. The smallest absolute Gasteiger partial charge is 0.264 e. The number of carbonyl (C=O) groups is 2. The minimum Gasteiger partial charge on any atom is -0.494 e. The van der Waals surface area contributed by atoms with Crippen molar-refractivity contribution in [2.45, 2.75) is 51.1 Å². The van der Waals surface area contributed by atoms with Crippen molar-refractivity contribution in [2.75, 3.05) is 24.0 Å². The highest BCUT2D eigenvalue weighted by Gasteiger charge is 2.32. The van der Waals surface area contributed by atoms with Crippen LogP contribution in [-0.2, 0) is 26.2 Å². The minimum atomic E-state index is -4.18. The first-order valence-electron chi connectivity index (χ1n) is 13.3. The molecule has 3 aromatic carbocycles. The number of rotatable bonds is 14. The molecule has 214 valence electrons. The summed E-state index contributed by atoms with van der Waals surface area (Å²) in [4.78, 5) is 28.3. The van der Waals surface area contributed by atoms with Crippen LogP contribution in [0.3, 0.4) is 0 Å². The fourth-order valence-corrected chi connectivity index (χ4v) is 5.58. The summed E-state index contributed by atoms with van der Waals surface area (Å²) in [5.74, 6) is -0.246. The molecule has 0 fully saturated rings. The van der Waals surface area contributed by atoms with Crippen LogP contribution in [0.1, 0.15) is 39.2 Å². The van der Waals surface area contributed by atoms with E-state index in [4.69, 9.17) is 16.3 Å². The van der Waals surface area contributed by atoms with Crippen LogP contribution < -0.4 is 14.4 Å². The van der Waals surface area contributed by atoms with E-state index >= 15 is 0 Å². The topological polar surface area (TPSA) is 96.0 Å². The van der Waals surface area contributed by atoms with Gasteiger partial charge in [-0.15, -0.1) is 0 Å². The molecule has 0 heterocycles. The molecule has 0 radical (unpaired) electrons. The molecule has 0 aromatic heterocycles. The maximum atomic E-state index is 13.9. The van der Waals surface area contributed by atoms with Crippen molar-refractivity contribution in [3.63, 3.8) is 0 Å². The summed E-state index contributed by atoms with van der Waals surface area (Å²) >= 11 is 6.00. The number of nitrogens with zero attached hydrogens (tertiary/aromatic N) is 2. The van der Waals surface area contributed by atoms with E-state index < -0.39 is 28.5 Å². The first-order chi connectivity index (χ1) is 19.2. The van der Waals surface area contributed by atoms with Crippen molar-refractivity contribution in [1.82, 2.24) is 10.2 Å². The summed E-state index contributed by atoms with van der Waals surface area (Å²) in [6, 6.07) is 20.7. The summed E-state index contributed by atoms with van der Waals surface area (Å²) in [5.41, 5.74) is 1.10. The van der Waals surface area contributed by atoms with Gasteiger partial charge >= 0.3 is 0 Å². The van der Waals surface area contributed by atoms with Crippen molar-refractivity contribution in [3.8, 4) is 5.75 Å². The Balaban J connectivity index is 1.99. The number of benzene rings is 3. The predicted octanol–water partition coefficient (Wildman–Crippen LogP) is 5.27. The lowest BCUT2D eigenvalue weighted by Gasteiger charge is -2.32. The Morgan fingerprint density at radius 3 is 2.20 bits per heavy atom. The largest absolute Gasteiger partial charge is 0.494 e. The summed E-state index contributed by atoms with van der Waals surface area (Å²) in [5, 5.41) is 3.27. The van der Waals surface area contributed by atoms with Crippen LogP contribution in [0.2, 0.25) is 5.02 Å². The van der Waals surface area contributed by atoms with Gasteiger partial charge in [0.2, 0.25) is 11.8 Å². The van der Waals surface area contributed by atoms with Gasteiger partial charge in [-0.1, -0.05) is 55.3 Å². The number of sulfonamides is 1. The standard InChI is InChI=1S/C30H36ClN3O5S/c1-4-6-20-32-30(36)23(3)33(21-24-10-8-7-9-11-24)29(35)22-34(26-14-16-27(17-15-26)39-5-2)40(37,38)28-18-12-25(31)13-19-28/h7-19,23H,4-6,20-22H2,1-3H3,(H,32,36). The average molecular weight is 586 g/mol. The molecule has 10 heteroatoms. The first-order valence-corrected chi connectivity index (χ1v) is 15.1. The zero-order valence-electron chi connectivity index (χ0n) is 23.0. The fourth-order valence-electron chi connectivity index (χ4n) is 4.04. The monoisotopic (exact) mass is 585 g/mol. The molecule has 1 unspecified atom stereocenters. The van der Waals surface area contributed by atoms with E-state index in [1.807, 2.05) is 44.2 Å². The Morgan fingerprint density at radius 2 is 1.60 bits per heavy atom. The van der Waals surface area contributed by atoms with Crippen molar-refractivity contribution in [2.24, 2.45) is 0 Å². The molecule has 0 spiro atoms. The van der Waals surface area contributed by atoms with Crippen LogP contribution in [0, 0.1) is 0 Å². The van der Waals surface area contributed by atoms with E-state index in [1.165, 1.54) is 29.2 Å². The summed E-state index contributed by atoms with van der Waals surface area (Å²) in [7, 11) is -4.18. The molecule has 40 heavy (non-hydrogen) atoms. The van der Waals surface area contributed by atoms with E-state index in [1.54, 1.807) is 31.2 Å². The van der Waals surface area contributed by atoms with Crippen molar-refractivity contribution >= 4 is 39.1 Å². The molecule has 8 nitrogen and oxygen atoms in total. The molecule has 0 saturated carbocycles. The quantitative estimate of drug-likeness (QED) is 0.260. The van der Waals surface area contributed by atoms with Crippen LogP contribution in [0.15, 0.2) is 83.8 Å². The molecule has 3 rings (SSSR count). The van der Waals surface area contributed by atoms with Crippen molar-refractivity contribution < 1.29 is 22.7 Å². The van der Waals surface area contributed by atoms with Crippen LogP contribution in [0.4, 0.5) is 5.69 Å². The van der Waals surface area contributed by atoms with Crippen LogP contribution in [-0.4, -0.2) is 50.9 Å². The van der Waals surface area contributed by atoms with Gasteiger partial charge in [-0.2, -0.15) is 0 Å². The number of amides is 2. The minimum absolute atomic E-state index is 0.0152. The second-order valence-corrected chi connectivity index (χ2v) is 11.5. The van der Waals surface area contributed by atoms with Gasteiger partial charge in [0.25, 0.3) is 10.0 Å². The Morgan fingerprint density at radius 1 is 0.950 bits per heavy atom. The summed E-state index contributed by atoms with van der Waals surface area (Å²) in [6.07, 6.45) is 1.73. The number of ether oxygens (including phenoxy) is 1. The summed E-state index contributed by atoms with van der Waals surface area (Å²) < 4.78 is 34.3. The SMILES string of the molecule is CCCCNC(=O)C(C)N(Cc1ccccc1)C(=O)CN(c1ccc(OCC)cc1)S(=O)(=O)c1ccc(Cl)cc1. The molecule has 1 atom stereocenters. The van der Waals surface area contributed by atoms with E-state index in [9.17, 15) is 18.0 Å². The van der Waals surface area contributed by atoms with E-state index in [-0.39, 0.29) is 23.0 Å². The van der Waals surface area contributed by atoms with Gasteiger partial charge in [0.05, 0.1) is 17.2 Å². The van der Waals surface area contributed by atoms with Crippen LogP contribution in [0.25, 0.3) is 0 Å². The number of carbonyl (C=O) groups excluding carboxylic acids is 2. The van der Waals surface area contributed by atoms with Gasteiger partial charge in [-0.25, -0.2) is 8.42 Å². The second kappa shape index (κ2) is 14.7. The van der Waals surface area contributed by atoms with Gasteiger partial charge < -0.3 is 15.0 Å². The third-order valence-electron chi connectivity index (χ3n) is 6.31. The zero-order chi connectivity index (χ0) is 29.1. The third-order valence-corrected chi connectivity index (χ3v) is 8.35. The number of halogens is 1. The Labute approximate surface area is 241 Å². The Kier molecular flexibility index (Phi) is 11.4. The molecule has 3 aromatic rings. The number of anilines is 1. The number of unbranched alkanes of at least 4 members (excludes halogenated alkanes) is 1. The molecule has 0 saturated heterocycles. The molecule has 2 amide bonds. The van der Waals surface area contributed by atoms with Gasteiger partial charge in [-0.3, -0.25) is 13.9 Å². The second-order valence-electron chi connectivity index (χ2n) is 9.22. The Hall–Kier alpha value is -3.56. The molecule has 0 aliphatic heterocycles. The highest BCUT2D eigenvalue weighted by molar-refractivity contribution is 7.92. The lowest BCUT2D eigenvalue weighted by atomic mass is 10.1. The molecular formula is C30H36ClN3O5S. The maximum absolute atomic E-state index is 13.9. The molecular weight excluding hydrogens is 550 g/mol.